The maximum Gasteiger partial charge on any atom is 0.240 e. The molecular weight excluding hydrogens is 204 g/mol. The molecule has 4 heteroatoms. The number of rotatable bonds is 4. The minimum atomic E-state index is -0.722. The number of aliphatic hydroxyl groups is 1. The Labute approximate surface area is 97.6 Å². The maximum atomic E-state index is 12.0. The molecule has 4 N–H and O–H groups in total. The van der Waals surface area contributed by atoms with Crippen LogP contribution < -0.4 is 11.1 Å². The molecule has 1 saturated carbocycles. The van der Waals surface area contributed by atoms with Crippen molar-refractivity contribution >= 4 is 5.91 Å². The molecule has 1 amide bonds. The normalized spacial score (nSPS) is 32.1. The largest absolute Gasteiger partial charge is 0.394 e. The molecule has 0 aromatic rings. The first-order valence-electron chi connectivity index (χ1n) is 6.22. The van der Waals surface area contributed by atoms with Crippen LogP contribution in [0.2, 0.25) is 0 Å². The Morgan fingerprint density at radius 3 is 2.88 bits per heavy atom. The molecule has 1 rings (SSSR count). The van der Waals surface area contributed by atoms with E-state index in [9.17, 15) is 4.79 Å². The third-order valence-electron chi connectivity index (χ3n) is 3.53. The fourth-order valence-electron chi connectivity index (χ4n) is 2.40. The Balaban J connectivity index is 2.57. The zero-order valence-electron chi connectivity index (χ0n) is 10.3. The van der Waals surface area contributed by atoms with Gasteiger partial charge in [0, 0.05) is 0 Å². The predicted molar refractivity (Wildman–Crippen MR) is 63.9 cm³/mol. The lowest BCUT2D eigenvalue weighted by molar-refractivity contribution is -0.129. The zero-order chi connectivity index (χ0) is 12.2. The van der Waals surface area contributed by atoms with E-state index in [2.05, 4.69) is 12.2 Å². The Hall–Kier alpha value is -0.610. The van der Waals surface area contributed by atoms with Gasteiger partial charge in [0.05, 0.1) is 18.2 Å². The molecule has 0 radical (unpaired) electrons. The molecule has 4 nitrogen and oxygen atoms in total. The van der Waals surface area contributed by atoms with E-state index in [0.29, 0.717) is 5.92 Å². The fraction of sp³-hybridized carbons (Fsp3) is 0.917. The van der Waals surface area contributed by atoms with Crippen molar-refractivity contribution in [2.24, 2.45) is 11.7 Å². The first-order valence-corrected chi connectivity index (χ1v) is 6.22. The summed E-state index contributed by atoms with van der Waals surface area (Å²) in [7, 11) is 0. The van der Waals surface area contributed by atoms with Gasteiger partial charge in [-0.2, -0.15) is 0 Å². The van der Waals surface area contributed by atoms with Crippen LogP contribution in [0.25, 0.3) is 0 Å². The number of aliphatic hydroxyl groups excluding tert-OH is 1. The van der Waals surface area contributed by atoms with Crippen molar-refractivity contribution in [1.82, 2.24) is 5.32 Å². The van der Waals surface area contributed by atoms with Gasteiger partial charge in [0.2, 0.25) is 5.91 Å². The monoisotopic (exact) mass is 228 g/mol. The summed E-state index contributed by atoms with van der Waals surface area (Å²) < 4.78 is 0. The highest BCUT2D eigenvalue weighted by molar-refractivity contribution is 5.86. The first-order chi connectivity index (χ1) is 7.51. The van der Waals surface area contributed by atoms with Gasteiger partial charge < -0.3 is 16.2 Å². The number of hydrogen-bond acceptors (Lipinski definition) is 3. The van der Waals surface area contributed by atoms with Gasteiger partial charge in [-0.25, -0.2) is 0 Å². The third-order valence-corrected chi connectivity index (χ3v) is 3.53. The van der Waals surface area contributed by atoms with Crippen molar-refractivity contribution in [1.29, 1.82) is 0 Å². The number of carbonyl (C=O) groups excluding carboxylic acids is 1. The summed E-state index contributed by atoms with van der Waals surface area (Å²) in [6.45, 7) is 4.05. The fourth-order valence-corrected chi connectivity index (χ4v) is 2.40. The number of amides is 1. The van der Waals surface area contributed by atoms with E-state index >= 15 is 0 Å². The molecule has 1 aliphatic carbocycles. The van der Waals surface area contributed by atoms with Gasteiger partial charge in [-0.3, -0.25) is 4.79 Å². The molecule has 94 valence electrons. The minimum Gasteiger partial charge on any atom is -0.394 e. The highest BCUT2D eigenvalue weighted by atomic mass is 16.3. The maximum absolute atomic E-state index is 12.0. The van der Waals surface area contributed by atoms with E-state index in [4.69, 9.17) is 10.8 Å². The Morgan fingerprint density at radius 2 is 2.38 bits per heavy atom. The summed E-state index contributed by atoms with van der Waals surface area (Å²) in [5, 5.41) is 11.9. The van der Waals surface area contributed by atoms with Crippen LogP contribution in [0.15, 0.2) is 0 Å². The number of nitrogens with one attached hydrogen (secondary N) is 1. The van der Waals surface area contributed by atoms with E-state index in [1.807, 2.05) is 6.92 Å². The van der Waals surface area contributed by atoms with E-state index in [-0.39, 0.29) is 18.6 Å². The molecule has 0 aromatic heterocycles. The van der Waals surface area contributed by atoms with Crippen molar-refractivity contribution in [3.8, 4) is 0 Å². The molecule has 0 bridgehead atoms. The van der Waals surface area contributed by atoms with Crippen molar-refractivity contribution in [3.63, 3.8) is 0 Å². The first kappa shape index (κ1) is 13.5. The number of carbonyl (C=O) groups is 1. The van der Waals surface area contributed by atoms with Crippen LogP contribution in [0.4, 0.5) is 0 Å². The van der Waals surface area contributed by atoms with Crippen LogP contribution in [0, 0.1) is 5.92 Å². The topological polar surface area (TPSA) is 75.3 Å². The molecule has 0 heterocycles. The molecule has 16 heavy (non-hydrogen) atoms. The second-order valence-corrected chi connectivity index (χ2v) is 5.12. The number of nitrogens with two attached hydrogens (primary N) is 1. The Morgan fingerprint density at radius 1 is 1.69 bits per heavy atom. The van der Waals surface area contributed by atoms with Gasteiger partial charge in [0.15, 0.2) is 0 Å². The van der Waals surface area contributed by atoms with Crippen LogP contribution in [0.3, 0.4) is 0 Å². The van der Waals surface area contributed by atoms with Crippen molar-refractivity contribution in [3.05, 3.63) is 0 Å². The summed E-state index contributed by atoms with van der Waals surface area (Å²) in [4.78, 5) is 12.0. The molecule has 0 saturated heterocycles. The standard InChI is InChI=1S/C12H24N2O2/c1-3-10(8-15)14-11(16)12(13)6-4-5-9(2)7-12/h9-10,15H,3-8,13H2,1-2H3,(H,14,16)/t9?,10-,12?/m0/s1. The van der Waals surface area contributed by atoms with E-state index in [1.54, 1.807) is 0 Å². The van der Waals surface area contributed by atoms with Gasteiger partial charge in [0.25, 0.3) is 0 Å². The van der Waals surface area contributed by atoms with Crippen LogP contribution in [-0.4, -0.2) is 29.2 Å². The second kappa shape index (κ2) is 5.64. The van der Waals surface area contributed by atoms with E-state index in [0.717, 1.165) is 32.1 Å². The molecule has 2 unspecified atom stereocenters. The number of hydrogen-bond donors (Lipinski definition) is 3. The zero-order valence-corrected chi connectivity index (χ0v) is 10.3. The van der Waals surface area contributed by atoms with Crippen molar-refractivity contribution < 1.29 is 9.90 Å². The van der Waals surface area contributed by atoms with Gasteiger partial charge in [-0.05, 0) is 25.2 Å². The summed E-state index contributed by atoms with van der Waals surface area (Å²) in [6.07, 6.45) is 4.41. The summed E-state index contributed by atoms with van der Waals surface area (Å²) in [6, 6.07) is -0.162. The lowest BCUT2D eigenvalue weighted by atomic mass is 9.76. The minimum absolute atomic E-state index is 0.0200. The molecule has 1 fully saturated rings. The summed E-state index contributed by atoms with van der Waals surface area (Å²) in [5.74, 6) is 0.415. The van der Waals surface area contributed by atoms with Gasteiger partial charge in [0.1, 0.15) is 0 Å². The smallest absolute Gasteiger partial charge is 0.240 e. The van der Waals surface area contributed by atoms with Crippen molar-refractivity contribution in [2.75, 3.05) is 6.61 Å². The quantitative estimate of drug-likeness (QED) is 0.665. The molecule has 0 aromatic carbocycles. The lowest BCUT2D eigenvalue weighted by Gasteiger charge is -2.36. The molecule has 1 aliphatic rings. The van der Waals surface area contributed by atoms with E-state index < -0.39 is 5.54 Å². The average molecular weight is 228 g/mol. The van der Waals surface area contributed by atoms with Gasteiger partial charge in [-0.15, -0.1) is 0 Å². The van der Waals surface area contributed by atoms with E-state index in [1.165, 1.54) is 0 Å². The summed E-state index contributed by atoms with van der Waals surface area (Å²) in [5.41, 5.74) is 5.44. The molecule has 3 atom stereocenters. The summed E-state index contributed by atoms with van der Waals surface area (Å²) >= 11 is 0. The SMILES string of the molecule is CC[C@@H](CO)NC(=O)C1(N)CCCC(C)C1. The van der Waals surface area contributed by atoms with Crippen molar-refractivity contribution in [2.45, 2.75) is 57.5 Å². The van der Waals surface area contributed by atoms with Crippen LogP contribution in [-0.2, 0) is 4.79 Å². The van der Waals surface area contributed by atoms with Crippen LogP contribution in [0.1, 0.15) is 46.0 Å². The van der Waals surface area contributed by atoms with Crippen LogP contribution >= 0.6 is 0 Å². The highest BCUT2D eigenvalue weighted by Crippen LogP contribution is 2.30. The molecular formula is C12H24N2O2. The third kappa shape index (κ3) is 3.19. The average Bonchev–Trinajstić information content (AvgIpc) is 2.25. The van der Waals surface area contributed by atoms with Gasteiger partial charge >= 0.3 is 0 Å². The Bertz CT molecular complexity index is 241. The van der Waals surface area contributed by atoms with Crippen LogP contribution in [0.5, 0.6) is 0 Å². The molecule has 0 aliphatic heterocycles. The predicted octanol–water partition coefficient (Wildman–Crippen LogP) is 0.781. The second-order valence-electron chi connectivity index (χ2n) is 5.12. The molecule has 0 spiro atoms. The lowest BCUT2D eigenvalue weighted by Crippen LogP contribution is -2.58. The Kier molecular flexibility index (Phi) is 4.74. The highest BCUT2D eigenvalue weighted by Gasteiger charge is 2.38. The van der Waals surface area contributed by atoms with Gasteiger partial charge in [-0.1, -0.05) is 26.7 Å².